The summed E-state index contributed by atoms with van der Waals surface area (Å²) in [6, 6.07) is 67.4. The molecule has 55 heavy (non-hydrogen) atoms. The molecule has 0 saturated heterocycles. The van der Waals surface area contributed by atoms with E-state index in [1.165, 1.54) is 43.6 Å². The molecule has 12 aromatic rings. The van der Waals surface area contributed by atoms with Gasteiger partial charge in [0, 0.05) is 49.3 Å². The summed E-state index contributed by atoms with van der Waals surface area (Å²) in [5, 5.41) is 8.17. The topological polar surface area (TPSA) is 35.9 Å². The summed E-state index contributed by atoms with van der Waals surface area (Å²) in [7, 11) is 0. The molecular formula is C51H31N3O. The molecule has 0 aliphatic heterocycles. The fourth-order valence-corrected chi connectivity index (χ4v) is 8.97. The van der Waals surface area contributed by atoms with Crippen LogP contribution in [-0.2, 0) is 0 Å². The second-order valence-electron chi connectivity index (χ2n) is 14.3. The zero-order valence-electron chi connectivity index (χ0n) is 29.6. The summed E-state index contributed by atoms with van der Waals surface area (Å²) in [6.07, 6.45) is 0. The summed E-state index contributed by atoms with van der Waals surface area (Å²) in [5.41, 5.74) is 14.0. The molecule has 12 rings (SSSR count). The van der Waals surface area contributed by atoms with Crippen LogP contribution in [0, 0.1) is 0 Å². The Morgan fingerprint density at radius 2 is 0.927 bits per heavy atom. The number of hydrogen-bond acceptors (Lipinski definition) is 2. The van der Waals surface area contributed by atoms with E-state index in [9.17, 15) is 0 Å². The predicted octanol–water partition coefficient (Wildman–Crippen LogP) is 13.7. The van der Waals surface area contributed by atoms with Crippen molar-refractivity contribution in [1.82, 2.24) is 14.1 Å². The zero-order valence-corrected chi connectivity index (χ0v) is 29.6. The van der Waals surface area contributed by atoms with Gasteiger partial charge in [0.1, 0.15) is 5.58 Å². The maximum Gasteiger partial charge on any atom is 0.228 e. The molecule has 0 spiro atoms. The van der Waals surface area contributed by atoms with Gasteiger partial charge in [-0.1, -0.05) is 133 Å². The van der Waals surface area contributed by atoms with Crippen LogP contribution in [0.2, 0.25) is 0 Å². The van der Waals surface area contributed by atoms with E-state index in [0.717, 1.165) is 60.9 Å². The van der Waals surface area contributed by atoms with Crippen molar-refractivity contribution >= 4 is 76.6 Å². The van der Waals surface area contributed by atoms with Gasteiger partial charge in [-0.2, -0.15) is 0 Å². The Labute approximate surface area is 315 Å². The lowest BCUT2D eigenvalue weighted by atomic mass is 9.93. The number of fused-ring (bicyclic) bond motifs is 11. The van der Waals surface area contributed by atoms with Crippen molar-refractivity contribution in [3.05, 3.63) is 188 Å². The molecule has 0 radical (unpaired) electrons. The molecule has 0 unspecified atom stereocenters. The van der Waals surface area contributed by atoms with Gasteiger partial charge in [-0.25, -0.2) is 4.98 Å². The predicted molar refractivity (Wildman–Crippen MR) is 229 cm³/mol. The number of aromatic nitrogens is 3. The highest BCUT2D eigenvalue weighted by atomic mass is 16.3. The minimum atomic E-state index is 0.660. The van der Waals surface area contributed by atoms with Gasteiger partial charge in [0.05, 0.1) is 33.0 Å². The lowest BCUT2D eigenvalue weighted by Gasteiger charge is -2.14. The number of nitrogens with zero attached hydrogens (tertiary/aromatic N) is 3. The van der Waals surface area contributed by atoms with E-state index in [0.29, 0.717) is 5.71 Å². The number of pyridine rings is 1. The maximum absolute atomic E-state index is 6.34. The highest BCUT2D eigenvalue weighted by molar-refractivity contribution is 6.24. The number of hydrogen-bond donors (Lipinski definition) is 0. The maximum atomic E-state index is 6.34. The lowest BCUT2D eigenvalue weighted by molar-refractivity contribution is 0.656. The van der Waals surface area contributed by atoms with E-state index in [4.69, 9.17) is 9.40 Å². The minimum absolute atomic E-state index is 0.660. The Balaban J connectivity index is 1.11. The first-order valence-corrected chi connectivity index (χ1v) is 18.7. The van der Waals surface area contributed by atoms with Gasteiger partial charge in [0.25, 0.3) is 0 Å². The molecule has 0 aliphatic carbocycles. The lowest BCUT2D eigenvalue weighted by Crippen LogP contribution is -1.98. The summed E-state index contributed by atoms with van der Waals surface area (Å²) in [5.74, 6) is 0. The van der Waals surface area contributed by atoms with E-state index in [2.05, 4.69) is 179 Å². The molecule has 4 heterocycles. The Hall–Kier alpha value is -7.43. The van der Waals surface area contributed by atoms with Gasteiger partial charge in [-0.05, 0) is 71.3 Å². The van der Waals surface area contributed by atoms with Crippen LogP contribution in [0.4, 0.5) is 0 Å². The number of furan rings is 1. The van der Waals surface area contributed by atoms with Crippen LogP contribution < -0.4 is 0 Å². The molecule has 256 valence electrons. The molecule has 0 amide bonds. The van der Waals surface area contributed by atoms with E-state index in [-0.39, 0.29) is 0 Å². The summed E-state index contributed by atoms with van der Waals surface area (Å²) < 4.78 is 11.2. The molecule has 0 aliphatic rings. The second-order valence-corrected chi connectivity index (χ2v) is 14.3. The van der Waals surface area contributed by atoms with Crippen molar-refractivity contribution in [2.75, 3.05) is 0 Å². The molecule has 4 aromatic heterocycles. The van der Waals surface area contributed by atoms with E-state index in [1.54, 1.807) is 0 Å². The fourth-order valence-electron chi connectivity index (χ4n) is 8.97. The normalized spacial score (nSPS) is 12.0. The molecular weight excluding hydrogens is 671 g/mol. The van der Waals surface area contributed by atoms with Crippen LogP contribution in [0.5, 0.6) is 0 Å². The van der Waals surface area contributed by atoms with E-state index >= 15 is 0 Å². The molecule has 0 N–H and O–H groups in total. The van der Waals surface area contributed by atoms with Gasteiger partial charge < -0.3 is 13.6 Å². The minimum Gasteiger partial charge on any atom is -0.438 e. The Kier molecular flexibility index (Phi) is 6.31. The van der Waals surface area contributed by atoms with Crippen molar-refractivity contribution < 1.29 is 4.42 Å². The monoisotopic (exact) mass is 701 g/mol. The average Bonchev–Trinajstić information content (AvgIpc) is 3.91. The molecule has 4 heteroatoms. The highest BCUT2D eigenvalue weighted by Crippen LogP contribution is 2.44. The number of benzene rings is 8. The molecule has 0 fully saturated rings. The Morgan fingerprint density at radius 1 is 0.382 bits per heavy atom. The van der Waals surface area contributed by atoms with Crippen LogP contribution in [0.15, 0.2) is 192 Å². The Bertz CT molecular complexity index is 3490. The van der Waals surface area contributed by atoms with Crippen LogP contribution in [-0.4, -0.2) is 14.1 Å². The van der Waals surface area contributed by atoms with Crippen LogP contribution >= 0.6 is 0 Å². The molecule has 0 atom stereocenters. The second kappa shape index (κ2) is 11.5. The molecule has 0 bridgehead atoms. The standard InChI is InChI=1S/C51H31N3O/c1-2-17-35(18-3-1)53-44-25-9-5-20-37(44)39-28-29-40-38-21-6-10-26-45(38)54(50(40)49(39)53)36-19-13-15-33(31-36)32-14-12-16-34(30-32)47-41-22-4-8-24-43(41)52-51-48(47)42-23-7-11-27-46(42)55-51/h1-31H. The van der Waals surface area contributed by atoms with Crippen LogP contribution in [0.25, 0.3) is 110 Å². The van der Waals surface area contributed by atoms with Gasteiger partial charge in [-0.15, -0.1) is 0 Å². The van der Waals surface area contributed by atoms with Gasteiger partial charge in [-0.3, -0.25) is 0 Å². The van der Waals surface area contributed by atoms with Crippen LogP contribution in [0.1, 0.15) is 0 Å². The third-order valence-electron chi connectivity index (χ3n) is 11.3. The highest BCUT2D eigenvalue weighted by Gasteiger charge is 2.22. The molecule has 8 aromatic carbocycles. The SMILES string of the molecule is c1ccc(-n2c3ccccc3c3ccc4c5ccccc5n(-c5cccc(-c6cccc(-c7c8ccccc8nc8oc9ccccc9c78)c6)c5)c4c32)cc1. The van der Waals surface area contributed by atoms with E-state index in [1.807, 2.05) is 18.2 Å². The van der Waals surface area contributed by atoms with Crippen molar-refractivity contribution in [3.8, 4) is 33.6 Å². The molecule has 4 nitrogen and oxygen atoms in total. The first kappa shape index (κ1) is 30.1. The molecule has 0 saturated carbocycles. The smallest absolute Gasteiger partial charge is 0.228 e. The third kappa shape index (κ3) is 4.37. The van der Waals surface area contributed by atoms with Gasteiger partial charge in [0.15, 0.2) is 0 Å². The third-order valence-corrected chi connectivity index (χ3v) is 11.3. The summed E-state index contributed by atoms with van der Waals surface area (Å²) in [4.78, 5) is 4.96. The zero-order chi connectivity index (χ0) is 36.0. The van der Waals surface area contributed by atoms with Crippen molar-refractivity contribution in [2.24, 2.45) is 0 Å². The Morgan fingerprint density at radius 3 is 1.67 bits per heavy atom. The van der Waals surface area contributed by atoms with Crippen molar-refractivity contribution in [3.63, 3.8) is 0 Å². The van der Waals surface area contributed by atoms with Gasteiger partial charge in [0.2, 0.25) is 5.71 Å². The van der Waals surface area contributed by atoms with Crippen LogP contribution in [0.3, 0.4) is 0 Å². The van der Waals surface area contributed by atoms with E-state index < -0.39 is 0 Å². The van der Waals surface area contributed by atoms with Crippen molar-refractivity contribution in [2.45, 2.75) is 0 Å². The summed E-state index contributed by atoms with van der Waals surface area (Å²) in [6.45, 7) is 0. The fraction of sp³-hybridized carbons (Fsp3) is 0. The number of para-hydroxylation sites is 5. The van der Waals surface area contributed by atoms with Crippen molar-refractivity contribution in [1.29, 1.82) is 0 Å². The average molecular weight is 702 g/mol. The number of rotatable bonds is 4. The largest absolute Gasteiger partial charge is 0.438 e. The first-order chi connectivity index (χ1) is 27.3. The van der Waals surface area contributed by atoms with Gasteiger partial charge >= 0.3 is 0 Å². The quantitative estimate of drug-likeness (QED) is 0.183. The summed E-state index contributed by atoms with van der Waals surface area (Å²) >= 11 is 0. The first-order valence-electron chi connectivity index (χ1n) is 18.7.